The molecule has 1 N–H and O–H groups in total. The van der Waals surface area contributed by atoms with Gasteiger partial charge in [-0.2, -0.15) is 9.37 Å². The van der Waals surface area contributed by atoms with E-state index in [1.54, 1.807) is 0 Å². The Kier molecular flexibility index (Phi) is 1.03. The SMILES string of the molecule is O=c1[nH]c2cnc(F)nc2o1. The quantitative estimate of drug-likeness (QED) is 0.545. The van der Waals surface area contributed by atoms with E-state index in [0.717, 1.165) is 6.20 Å². The van der Waals surface area contributed by atoms with Crippen molar-refractivity contribution in [2.75, 3.05) is 0 Å². The molecule has 0 aliphatic heterocycles. The lowest BCUT2D eigenvalue weighted by Crippen LogP contribution is -1.92. The number of aromatic nitrogens is 3. The lowest BCUT2D eigenvalue weighted by atomic mass is 10.6. The zero-order valence-electron chi connectivity index (χ0n) is 5.17. The molecule has 5 nitrogen and oxygen atoms in total. The van der Waals surface area contributed by atoms with E-state index in [9.17, 15) is 9.18 Å². The molecule has 0 atom stereocenters. The molecule has 0 saturated heterocycles. The number of hydrogen-bond acceptors (Lipinski definition) is 4. The van der Waals surface area contributed by atoms with Gasteiger partial charge in [0.15, 0.2) is 0 Å². The minimum absolute atomic E-state index is 0.0671. The van der Waals surface area contributed by atoms with Crippen LogP contribution in [-0.4, -0.2) is 15.0 Å². The second-order valence-electron chi connectivity index (χ2n) is 1.87. The van der Waals surface area contributed by atoms with E-state index in [-0.39, 0.29) is 11.2 Å². The van der Waals surface area contributed by atoms with Gasteiger partial charge in [0.1, 0.15) is 5.52 Å². The van der Waals surface area contributed by atoms with Gasteiger partial charge in [-0.15, -0.1) is 0 Å². The Labute approximate surface area is 58.9 Å². The average molecular weight is 155 g/mol. The van der Waals surface area contributed by atoms with Crippen molar-refractivity contribution in [3.8, 4) is 0 Å². The predicted octanol–water partition coefficient (Wildman–Crippen LogP) is 0.0502. The van der Waals surface area contributed by atoms with Crippen molar-refractivity contribution < 1.29 is 8.81 Å². The van der Waals surface area contributed by atoms with Gasteiger partial charge in [-0.05, 0) is 0 Å². The van der Waals surface area contributed by atoms with Crippen LogP contribution in [0, 0.1) is 6.08 Å². The lowest BCUT2D eigenvalue weighted by Gasteiger charge is -1.83. The van der Waals surface area contributed by atoms with Crippen LogP contribution in [0.15, 0.2) is 15.4 Å². The summed E-state index contributed by atoms with van der Waals surface area (Å²) < 4.78 is 16.7. The number of H-pyrrole nitrogens is 1. The number of fused-ring (bicyclic) bond motifs is 1. The van der Waals surface area contributed by atoms with Crippen LogP contribution in [0.25, 0.3) is 11.2 Å². The number of aromatic amines is 1. The molecule has 56 valence electrons. The molecule has 0 aromatic carbocycles. The number of nitrogens with one attached hydrogen (secondary N) is 1. The van der Waals surface area contributed by atoms with Crippen LogP contribution < -0.4 is 5.76 Å². The Bertz CT molecular complexity index is 446. The minimum Gasteiger partial charge on any atom is -0.388 e. The predicted molar refractivity (Wildman–Crippen MR) is 32.4 cm³/mol. The van der Waals surface area contributed by atoms with Gasteiger partial charge < -0.3 is 4.42 Å². The van der Waals surface area contributed by atoms with Crippen LogP contribution in [0.3, 0.4) is 0 Å². The number of halogens is 1. The Hall–Kier alpha value is -1.72. The molecule has 2 heterocycles. The molecule has 2 aromatic rings. The summed E-state index contributed by atoms with van der Waals surface area (Å²) >= 11 is 0. The van der Waals surface area contributed by atoms with Crippen LogP contribution >= 0.6 is 0 Å². The third-order valence-electron chi connectivity index (χ3n) is 1.15. The van der Waals surface area contributed by atoms with Gasteiger partial charge in [-0.1, -0.05) is 0 Å². The molecule has 0 aliphatic carbocycles. The fourth-order valence-electron chi connectivity index (χ4n) is 0.733. The molecule has 11 heavy (non-hydrogen) atoms. The van der Waals surface area contributed by atoms with Crippen LogP contribution in [0.2, 0.25) is 0 Å². The normalized spacial score (nSPS) is 10.6. The first-order valence-corrected chi connectivity index (χ1v) is 2.77. The molecule has 0 saturated carbocycles. The molecule has 6 heteroatoms. The smallest absolute Gasteiger partial charge is 0.388 e. The van der Waals surface area contributed by atoms with Crippen LogP contribution in [0.4, 0.5) is 4.39 Å². The van der Waals surface area contributed by atoms with E-state index in [2.05, 4.69) is 19.4 Å². The Morgan fingerprint density at radius 3 is 3.27 bits per heavy atom. The third kappa shape index (κ3) is 0.878. The highest BCUT2D eigenvalue weighted by molar-refractivity contribution is 5.64. The van der Waals surface area contributed by atoms with Gasteiger partial charge in [0.05, 0.1) is 6.20 Å². The summed E-state index contributed by atoms with van der Waals surface area (Å²) in [4.78, 5) is 19.2. The minimum atomic E-state index is -0.916. The fourth-order valence-corrected chi connectivity index (χ4v) is 0.733. The largest absolute Gasteiger partial charge is 0.418 e. The number of nitrogens with zero attached hydrogens (tertiary/aromatic N) is 2. The first kappa shape index (κ1) is 6.02. The first-order valence-electron chi connectivity index (χ1n) is 2.77. The molecule has 2 rings (SSSR count). The molecule has 0 aliphatic rings. The Morgan fingerprint density at radius 2 is 2.45 bits per heavy atom. The van der Waals surface area contributed by atoms with Gasteiger partial charge in [0.2, 0.25) is 0 Å². The number of rotatable bonds is 0. The van der Waals surface area contributed by atoms with Crippen LogP contribution in [0.1, 0.15) is 0 Å². The van der Waals surface area contributed by atoms with E-state index in [4.69, 9.17) is 0 Å². The Morgan fingerprint density at radius 1 is 1.64 bits per heavy atom. The van der Waals surface area contributed by atoms with E-state index >= 15 is 0 Å². The molecule has 0 fully saturated rings. The summed E-state index contributed by atoms with van der Waals surface area (Å²) in [6, 6.07) is 0. The number of oxazole rings is 1. The highest BCUT2D eigenvalue weighted by Gasteiger charge is 2.02. The molecule has 2 aromatic heterocycles. The molecule has 0 spiro atoms. The van der Waals surface area contributed by atoms with Crippen molar-refractivity contribution in [3.05, 3.63) is 22.8 Å². The zero-order valence-corrected chi connectivity index (χ0v) is 5.17. The maximum atomic E-state index is 12.2. The fraction of sp³-hybridized carbons (Fsp3) is 0. The highest BCUT2D eigenvalue weighted by atomic mass is 19.1. The topological polar surface area (TPSA) is 71.8 Å². The highest BCUT2D eigenvalue weighted by Crippen LogP contribution is 2.02. The zero-order chi connectivity index (χ0) is 7.84. The van der Waals surface area contributed by atoms with Gasteiger partial charge in [-0.3, -0.25) is 4.98 Å². The van der Waals surface area contributed by atoms with E-state index in [0.29, 0.717) is 0 Å². The van der Waals surface area contributed by atoms with Gasteiger partial charge in [0.25, 0.3) is 5.71 Å². The van der Waals surface area contributed by atoms with Crippen molar-refractivity contribution in [1.82, 2.24) is 15.0 Å². The molecule has 0 radical (unpaired) electrons. The molecular formula is C5H2FN3O2. The lowest BCUT2D eigenvalue weighted by molar-refractivity contribution is 0.508. The van der Waals surface area contributed by atoms with E-state index in [1.165, 1.54) is 0 Å². The van der Waals surface area contributed by atoms with Crippen molar-refractivity contribution in [1.29, 1.82) is 0 Å². The summed E-state index contributed by atoms with van der Waals surface area (Å²) in [6.07, 6.45) is 0.225. The molecule has 0 unspecified atom stereocenters. The van der Waals surface area contributed by atoms with Crippen molar-refractivity contribution in [3.63, 3.8) is 0 Å². The molecule has 0 amide bonds. The third-order valence-corrected chi connectivity index (χ3v) is 1.15. The summed E-state index contributed by atoms with van der Waals surface area (Å²) in [5, 5.41) is 0. The summed E-state index contributed by atoms with van der Waals surface area (Å²) in [7, 11) is 0. The van der Waals surface area contributed by atoms with E-state index in [1.807, 2.05) is 0 Å². The van der Waals surface area contributed by atoms with Crippen LogP contribution in [0.5, 0.6) is 0 Å². The van der Waals surface area contributed by atoms with Gasteiger partial charge >= 0.3 is 11.8 Å². The maximum absolute atomic E-state index is 12.2. The second-order valence-corrected chi connectivity index (χ2v) is 1.87. The molecular weight excluding hydrogens is 153 g/mol. The van der Waals surface area contributed by atoms with E-state index < -0.39 is 11.8 Å². The average Bonchev–Trinajstić information content (AvgIpc) is 2.27. The summed E-state index contributed by atoms with van der Waals surface area (Å²) in [6.45, 7) is 0. The maximum Gasteiger partial charge on any atom is 0.418 e. The monoisotopic (exact) mass is 155 g/mol. The first-order chi connectivity index (χ1) is 5.25. The Balaban J connectivity index is 2.92. The summed E-state index contributed by atoms with van der Waals surface area (Å²) in [5.74, 6) is -0.667. The van der Waals surface area contributed by atoms with Crippen molar-refractivity contribution in [2.24, 2.45) is 0 Å². The van der Waals surface area contributed by atoms with Crippen molar-refractivity contribution in [2.45, 2.75) is 0 Å². The van der Waals surface area contributed by atoms with Gasteiger partial charge in [-0.25, -0.2) is 9.78 Å². The summed E-state index contributed by atoms with van der Waals surface area (Å²) in [5.41, 5.74) is 0.221. The second kappa shape index (κ2) is 1.88. The standard InChI is InChI=1S/C5H2FN3O2/c6-4-7-1-2-3(9-4)11-5(10)8-2/h1H,(H,8,10). The molecule has 0 bridgehead atoms. The van der Waals surface area contributed by atoms with Crippen molar-refractivity contribution >= 4 is 11.2 Å². The van der Waals surface area contributed by atoms with Gasteiger partial charge in [0, 0.05) is 0 Å². The number of hydrogen-bond donors (Lipinski definition) is 1. The van der Waals surface area contributed by atoms with Crippen LogP contribution in [-0.2, 0) is 0 Å².